The minimum Gasteiger partial charge on any atom is -0.504 e. The Morgan fingerprint density at radius 3 is 2.52 bits per heavy atom. The number of ether oxygens (including phenoxy) is 1. The third-order valence-corrected chi connectivity index (χ3v) is 3.44. The lowest BCUT2D eigenvalue weighted by Crippen LogP contribution is -2.13. The van der Waals surface area contributed by atoms with E-state index in [4.69, 9.17) is 4.74 Å². The van der Waals surface area contributed by atoms with E-state index >= 15 is 0 Å². The van der Waals surface area contributed by atoms with Gasteiger partial charge in [-0.2, -0.15) is 5.26 Å². The number of hydrogen-bond acceptors (Lipinski definition) is 4. The van der Waals surface area contributed by atoms with Crippen molar-refractivity contribution in [1.29, 1.82) is 5.26 Å². The fourth-order valence-corrected chi connectivity index (χ4v) is 2.45. The van der Waals surface area contributed by atoms with Gasteiger partial charge in [-0.1, -0.05) is 12.1 Å². The molecule has 0 aromatic heterocycles. The first-order chi connectivity index (χ1) is 11.9. The molecule has 2 N–H and O–H groups in total. The quantitative estimate of drug-likeness (QED) is 0.640. The topological polar surface area (TPSA) is 82.3 Å². The van der Waals surface area contributed by atoms with Crippen LogP contribution in [-0.4, -0.2) is 17.6 Å². The number of phenolic OH excluding ortho intramolecular Hbond substituents is 1. The van der Waals surface area contributed by atoms with Crippen LogP contribution in [0.15, 0.2) is 42.0 Å². The fraction of sp³-hybridized carbons (Fsp3) is 0.200. The SMILES string of the molecule is CCOc1cc(/C=C(\C#N)C(=O)Nc2cc(C)cc(C)c2)ccc1O. The number of benzene rings is 2. The number of carbonyl (C=O) groups is 1. The maximum atomic E-state index is 12.4. The van der Waals surface area contributed by atoms with Gasteiger partial charge in [-0.15, -0.1) is 0 Å². The summed E-state index contributed by atoms with van der Waals surface area (Å²) in [4.78, 5) is 12.4. The molecule has 0 saturated heterocycles. The van der Waals surface area contributed by atoms with Gasteiger partial charge in [0.1, 0.15) is 11.6 Å². The fourth-order valence-electron chi connectivity index (χ4n) is 2.45. The van der Waals surface area contributed by atoms with E-state index in [1.165, 1.54) is 12.1 Å². The molecule has 0 fully saturated rings. The van der Waals surface area contributed by atoms with Crippen LogP contribution in [0, 0.1) is 25.2 Å². The molecule has 2 rings (SSSR count). The standard InChI is InChI=1S/C20H20N2O3/c1-4-25-19-11-15(5-6-18(19)23)10-16(12-21)20(24)22-17-8-13(2)7-14(3)9-17/h5-11,23H,4H2,1-3H3,(H,22,24)/b16-10+. The van der Waals surface area contributed by atoms with Gasteiger partial charge in [0.25, 0.3) is 5.91 Å². The van der Waals surface area contributed by atoms with Gasteiger partial charge >= 0.3 is 0 Å². The van der Waals surface area contributed by atoms with Crippen LogP contribution in [-0.2, 0) is 4.79 Å². The van der Waals surface area contributed by atoms with Crippen molar-refractivity contribution in [3.05, 3.63) is 58.7 Å². The van der Waals surface area contributed by atoms with E-state index in [0.717, 1.165) is 11.1 Å². The summed E-state index contributed by atoms with van der Waals surface area (Å²) in [5, 5.41) is 21.8. The molecule has 0 aliphatic heterocycles. The number of nitrogens with zero attached hydrogens (tertiary/aromatic N) is 1. The zero-order valence-electron chi connectivity index (χ0n) is 14.5. The highest BCUT2D eigenvalue weighted by molar-refractivity contribution is 6.09. The molecule has 0 heterocycles. The molecular weight excluding hydrogens is 316 g/mol. The predicted octanol–water partition coefficient (Wildman–Crippen LogP) is 3.95. The van der Waals surface area contributed by atoms with Crippen LogP contribution >= 0.6 is 0 Å². The molecule has 0 atom stereocenters. The van der Waals surface area contributed by atoms with E-state index in [1.807, 2.05) is 38.1 Å². The van der Waals surface area contributed by atoms with Crippen molar-refractivity contribution in [1.82, 2.24) is 0 Å². The third kappa shape index (κ3) is 4.85. The van der Waals surface area contributed by atoms with Gasteiger partial charge in [-0.25, -0.2) is 0 Å². The molecule has 0 bridgehead atoms. The molecule has 0 saturated carbocycles. The van der Waals surface area contributed by atoms with E-state index in [9.17, 15) is 15.2 Å². The van der Waals surface area contributed by atoms with Crippen LogP contribution in [0.25, 0.3) is 6.08 Å². The number of anilines is 1. The zero-order chi connectivity index (χ0) is 18.4. The van der Waals surface area contributed by atoms with E-state index in [-0.39, 0.29) is 11.3 Å². The van der Waals surface area contributed by atoms with Gasteiger partial charge in [0.15, 0.2) is 11.5 Å². The first-order valence-electron chi connectivity index (χ1n) is 7.90. The van der Waals surface area contributed by atoms with Crippen LogP contribution in [0.2, 0.25) is 0 Å². The third-order valence-electron chi connectivity index (χ3n) is 3.44. The van der Waals surface area contributed by atoms with Crippen molar-refractivity contribution >= 4 is 17.7 Å². The smallest absolute Gasteiger partial charge is 0.266 e. The number of phenols is 1. The van der Waals surface area contributed by atoms with Crippen molar-refractivity contribution in [2.45, 2.75) is 20.8 Å². The molecule has 0 spiro atoms. The molecule has 5 heteroatoms. The van der Waals surface area contributed by atoms with Crippen LogP contribution < -0.4 is 10.1 Å². The minimum atomic E-state index is -0.487. The summed E-state index contributed by atoms with van der Waals surface area (Å²) >= 11 is 0. The van der Waals surface area contributed by atoms with Gasteiger partial charge in [-0.3, -0.25) is 4.79 Å². The number of amides is 1. The number of nitriles is 1. The van der Waals surface area contributed by atoms with Gasteiger partial charge in [-0.05, 0) is 67.8 Å². The maximum Gasteiger partial charge on any atom is 0.266 e. The van der Waals surface area contributed by atoms with Crippen molar-refractivity contribution in [3.8, 4) is 17.6 Å². The Kier molecular flexibility index (Phi) is 5.80. The summed E-state index contributed by atoms with van der Waals surface area (Å²) in [5.41, 5.74) is 3.25. The van der Waals surface area contributed by atoms with Crippen LogP contribution in [0.3, 0.4) is 0 Å². The highest BCUT2D eigenvalue weighted by Gasteiger charge is 2.11. The van der Waals surface area contributed by atoms with Gasteiger partial charge in [0.2, 0.25) is 0 Å². The van der Waals surface area contributed by atoms with E-state index in [2.05, 4.69) is 5.32 Å². The van der Waals surface area contributed by atoms with E-state index < -0.39 is 5.91 Å². The largest absolute Gasteiger partial charge is 0.504 e. The molecule has 0 unspecified atom stereocenters. The molecule has 128 valence electrons. The lowest BCUT2D eigenvalue weighted by Gasteiger charge is -2.08. The van der Waals surface area contributed by atoms with Crippen LogP contribution in [0.5, 0.6) is 11.5 Å². The van der Waals surface area contributed by atoms with Gasteiger partial charge in [0, 0.05) is 5.69 Å². The number of aromatic hydroxyl groups is 1. The van der Waals surface area contributed by atoms with E-state index in [0.29, 0.717) is 23.6 Å². The number of nitrogens with one attached hydrogen (secondary N) is 1. The second kappa shape index (κ2) is 8.02. The lowest BCUT2D eigenvalue weighted by atomic mass is 10.1. The summed E-state index contributed by atoms with van der Waals surface area (Å²) < 4.78 is 5.31. The highest BCUT2D eigenvalue weighted by atomic mass is 16.5. The molecule has 0 aliphatic rings. The zero-order valence-corrected chi connectivity index (χ0v) is 14.5. The second-order valence-corrected chi connectivity index (χ2v) is 5.66. The Hall–Kier alpha value is -3.26. The average Bonchev–Trinajstić information content (AvgIpc) is 2.54. The molecule has 0 radical (unpaired) electrons. The molecule has 2 aromatic rings. The molecule has 5 nitrogen and oxygen atoms in total. The average molecular weight is 336 g/mol. The normalized spacial score (nSPS) is 10.9. The minimum absolute atomic E-state index is 0.0113. The Balaban J connectivity index is 2.26. The maximum absolute atomic E-state index is 12.4. The number of carbonyl (C=O) groups excluding carboxylic acids is 1. The predicted molar refractivity (Wildman–Crippen MR) is 97.4 cm³/mol. The number of aryl methyl sites for hydroxylation is 2. The monoisotopic (exact) mass is 336 g/mol. The lowest BCUT2D eigenvalue weighted by molar-refractivity contribution is -0.112. The number of rotatable bonds is 5. The van der Waals surface area contributed by atoms with Crippen molar-refractivity contribution in [2.24, 2.45) is 0 Å². The Morgan fingerprint density at radius 2 is 1.92 bits per heavy atom. The van der Waals surface area contributed by atoms with Gasteiger partial charge < -0.3 is 15.2 Å². The molecule has 2 aromatic carbocycles. The van der Waals surface area contributed by atoms with E-state index in [1.54, 1.807) is 19.1 Å². The second-order valence-electron chi connectivity index (χ2n) is 5.66. The first kappa shape index (κ1) is 18.1. The summed E-state index contributed by atoms with van der Waals surface area (Å²) in [6.45, 7) is 6.09. The highest BCUT2D eigenvalue weighted by Crippen LogP contribution is 2.27. The Morgan fingerprint density at radius 1 is 1.24 bits per heavy atom. The molecule has 25 heavy (non-hydrogen) atoms. The van der Waals surface area contributed by atoms with Gasteiger partial charge in [0.05, 0.1) is 6.61 Å². The summed E-state index contributed by atoms with van der Waals surface area (Å²) in [6, 6.07) is 12.3. The molecule has 0 aliphatic carbocycles. The molecule has 1 amide bonds. The molecular formula is C20H20N2O3. The van der Waals surface area contributed by atoms with Crippen molar-refractivity contribution < 1.29 is 14.6 Å². The van der Waals surface area contributed by atoms with Crippen LogP contribution in [0.4, 0.5) is 5.69 Å². The number of hydrogen-bond donors (Lipinski definition) is 2. The Bertz CT molecular complexity index is 843. The Labute approximate surface area is 147 Å². The summed E-state index contributed by atoms with van der Waals surface area (Å²) in [7, 11) is 0. The van der Waals surface area contributed by atoms with Crippen molar-refractivity contribution in [2.75, 3.05) is 11.9 Å². The first-order valence-corrected chi connectivity index (χ1v) is 7.90. The van der Waals surface area contributed by atoms with Crippen molar-refractivity contribution in [3.63, 3.8) is 0 Å². The van der Waals surface area contributed by atoms with Crippen LogP contribution in [0.1, 0.15) is 23.6 Å². The summed E-state index contributed by atoms with van der Waals surface area (Å²) in [6.07, 6.45) is 1.46. The summed E-state index contributed by atoms with van der Waals surface area (Å²) in [5.74, 6) is -0.168.